The fourth-order valence-electron chi connectivity index (χ4n) is 4.85. The van der Waals surface area contributed by atoms with Gasteiger partial charge >= 0.3 is 0 Å². The molecule has 3 aromatic carbocycles. The van der Waals surface area contributed by atoms with Gasteiger partial charge in [0.2, 0.25) is 23.6 Å². The van der Waals surface area contributed by atoms with Gasteiger partial charge in [-0.25, -0.2) is 9.37 Å². The van der Waals surface area contributed by atoms with Gasteiger partial charge in [-0.1, -0.05) is 6.07 Å². The Morgan fingerprint density at radius 2 is 1.67 bits per heavy atom. The number of nitrogens with two attached hydrogens (primary N) is 1. The first-order valence-corrected chi connectivity index (χ1v) is 13.6. The zero-order valence-corrected chi connectivity index (χ0v) is 22.7. The molecule has 214 valence electrons. The highest BCUT2D eigenvalue weighted by molar-refractivity contribution is 6.16. The molecule has 1 saturated heterocycles. The second-order valence-electron chi connectivity index (χ2n) is 10.2. The third kappa shape index (κ3) is 5.72. The van der Waals surface area contributed by atoms with Crippen LogP contribution in [0, 0.1) is 11.2 Å². The van der Waals surface area contributed by atoms with E-state index < -0.39 is 23.0 Å². The average molecular weight is 569 g/mol. The monoisotopic (exact) mass is 568 g/mol. The molecule has 11 heteroatoms. The van der Waals surface area contributed by atoms with E-state index in [2.05, 4.69) is 26.3 Å². The SMILES string of the molecule is NC(=O)C1(C(=O)N(c2ccc(F)cc2)c2ccc(Oc3ccnc(Nc4cccc(N5CCOCC5)c4)n3)cc2)CC1. The van der Waals surface area contributed by atoms with Crippen LogP contribution in [-0.2, 0) is 14.3 Å². The van der Waals surface area contributed by atoms with E-state index in [-0.39, 0.29) is 0 Å². The summed E-state index contributed by atoms with van der Waals surface area (Å²) in [7, 11) is 0. The average Bonchev–Trinajstić information content (AvgIpc) is 3.83. The Morgan fingerprint density at radius 1 is 0.976 bits per heavy atom. The Labute approximate surface area is 241 Å². The predicted octanol–water partition coefficient (Wildman–Crippen LogP) is 4.92. The maximum atomic E-state index is 13.6. The van der Waals surface area contributed by atoms with Crippen molar-refractivity contribution < 1.29 is 23.5 Å². The zero-order valence-electron chi connectivity index (χ0n) is 22.7. The van der Waals surface area contributed by atoms with Crippen LogP contribution in [0.15, 0.2) is 85.1 Å². The molecule has 6 rings (SSSR count). The number of nitrogens with one attached hydrogen (secondary N) is 1. The van der Waals surface area contributed by atoms with Gasteiger partial charge in [0.15, 0.2) is 0 Å². The topological polar surface area (TPSA) is 123 Å². The third-order valence-electron chi connectivity index (χ3n) is 7.34. The lowest BCUT2D eigenvalue weighted by molar-refractivity contribution is -0.133. The van der Waals surface area contributed by atoms with Crippen LogP contribution >= 0.6 is 0 Å². The number of rotatable bonds is 9. The smallest absolute Gasteiger partial charge is 0.247 e. The lowest BCUT2D eigenvalue weighted by atomic mass is 10.0. The van der Waals surface area contributed by atoms with Crippen molar-refractivity contribution in [3.8, 4) is 11.6 Å². The maximum absolute atomic E-state index is 13.6. The fraction of sp³-hybridized carbons (Fsp3) is 0.226. The molecule has 10 nitrogen and oxygen atoms in total. The molecule has 1 saturated carbocycles. The first-order valence-electron chi connectivity index (χ1n) is 13.6. The largest absolute Gasteiger partial charge is 0.439 e. The number of hydrogen-bond donors (Lipinski definition) is 2. The molecule has 42 heavy (non-hydrogen) atoms. The van der Waals surface area contributed by atoms with E-state index in [0.717, 1.165) is 24.5 Å². The van der Waals surface area contributed by atoms with Gasteiger partial charge in [-0.3, -0.25) is 14.5 Å². The molecule has 0 spiro atoms. The van der Waals surface area contributed by atoms with Gasteiger partial charge in [-0.2, -0.15) is 4.98 Å². The van der Waals surface area contributed by atoms with Crippen LogP contribution in [0.5, 0.6) is 11.6 Å². The normalized spacial score (nSPS) is 15.5. The minimum Gasteiger partial charge on any atom is -0.439 e. The molecule has 1 aromatic heterocycles. The number of ether oxygens (including phenoxy) is 2. The van der Waals surface area contributed by atoms with E-state index in [1.807, 2.05) is 18.2 Å². The molecular formula is C31H29FN6O4. The van der Waals surface area contributed by atoms with Crippen molar-refractivity contribution in [2.45, 2.75) is 12.8 Å². The molecule has 2 amide bonds. The van der Waals surface area contributed by atoms with Gasteiger partial charge in [-0.15, -0.1) is 0 Å². The van der Waals surface area contributed by atoms with Crippen LogP contribution in [0.25, 0.3) is 0 Å². The first kappa shape index (κ1) is 27.2. The summed E-state index contributed by atoms with van der Waals surface area (Å²) in [5, 5.41) is 3.23. The molecule has 2 aliphatic rings. The highest BCUT2D eigenvalue weighted by atomic mass is 19.1. The first-order chi connectivity index (χ1) is 20.4. The Bertz CT molecular complexity index is 1590. The Balaban J connectivity index is 1.18. The number of benzene rings is 3. The Kier molecular flexibility index (Phi) is 7.41. The van der Waals surface area contributed by atoms with Crippen molar-refractivity contribution in [3.05, 3.63) is 90.9 Å². The van der Waals surface area contributed by atoms with Gasteiger partial charge in [0.25, 0.3) is 0 Å². The van der Waals surface area contributed by atoms with Crippen LogP contribution in [0.4, 0.5) is 33.1 Å². The third-order valence-corrected chi connectivity index (χ3v) is 7.34. The molecular weight excluding hydrogens is 539 g/mol. The number of morpholine rings is 1. The van der Waals surface area contributed by atoms with Crippen LogP contribution in [0.3, 0.4) is 0 Å². The van der Waals surface area contributed by atoms with E-state index in [1.165, 1.54) is 29.2 Å². The van der Waals surface area contributed by atoms with Gasteiger partial charge in [-0.05, 0) is 79.6 Å². The summed E-state index contributed by atoms with van der Waals surface area (Å²) in [6.07, 6.45) is 2.35. The quantitative estimate of drug-likeness (QED) is 0.273. The van der Waals surface area contributed by atoms with Crippen molar-refractivity contribution in [1.29, 1.82) is 0 Å². The molecule has 2 heterocycles. The summed E-state index contributed by atoms with van der Waals surface area (Å²) in [5.41, 5.74) is 7.16. The summed E-state index contributed by atoms with van der Waals surface area (Å²) in [6, 6.07) is 21.9. The summed E-state index contributed by atoms with van der Waals surface area (Å²) in [4.78, 5) is 38.0. The number of halogens is 1. The summed E-state index contributed by atoms with van der Waals surface area (Å²) >= 11 is 0. The minimum atomic E-state index is -1.25. The van der Waals surface area contributed by atoms with Crippen molar-refractivity contribution in [3.63, 3.8) is 0 Å². The standard InChI is InChI=1S/C31H29FN6O4/c32-21-4-6-23(7-5-21)38(29(40)31(13-14-31)28(33)39)24-8-10-26(11-9-24)42-27-12-15-34-30(36-27)35-22-2-1-3-25(20-22)37-16-18-41-19-17-37/h1-12,15,20H,13-14,16-19H2,(H2,33,39)(H,34,35,36). The van der Waals surface area contributed by atoms with Gasteiger partial charge < -0.3 is 25.4 Å². The minimum absolute atomic E-state index is 0.321. The molecule has 0 atom stereocenters. The van der Waals surface area contributed by atoms with Crippen LogP contribution in [0.2, 0.25) is 0 Å². The molecule has 0 unspecified atom stereocenters. The van der Waals surface area contributed by atoms with Crippen molar-refractivity contribution in [2.75, 3.05) is 41.4 Å². The molecule has 1 aliphatic carbocycles. The van der Waals surface area contributed by atoms with Crippen LogP contribution < -0.4 is 25.6 Å². The maximum Gasteiger partial charge on any atom is 0.247 e. The second-order valence-corrected chi connectivity index (χ2v) is 10.2. The molecule has 3 N–H and O–H groups in total. The van der Waals surface area contributed by atoms with Gasteiger partial charge in [0, 0.05) is 48.1 Å². The fourth-order valence-corrected chi connectivity index (χ4v) is 4.85. The molecule has 1 aliphatic heterocycles. The number of nitrogens with zero attached hydrogens (tertiary/aromatic N) is 4. The van der Waals surface area contributed by atoms with E-state index >= 15 is 0 Å². The van der Waals surface area contributed by atoms with Gasteiger partial charge in [0.1, 0.15) is 17.0 Å². The van der Waals surface area contributed by atoms with E-state index in [4.69, 9.17) is 15.2 Å². The molecule has 4 aromatic rings. The lowest BCUT2D eigenvalue weighted by Gasteiger charge is -2.29. The van der Waals surface area contributed by atoms with Crippen LogP contribution in [-0.4, -0.2) is 48.1 Å². The van der Waals surface area contributed by atoms with Crippen molar-refractivity contribution in [1.82, 2.24) is 9.97 Å². The second kappa shape index (κ2) is 11.5. The summed E-state index contributed by atoms with van der Waals surface area (Å²) < 4.78 is 25.0. The van der Waals surface area contributed by atoms with Crippen LogP contribution in [0.1, 0.15) is 12.8 Å². The zero-order chi connectivity index (χ0) is 29.1. The highest BCUT2D eigenvalue weighted by Crippen LogP contribution is 2.49. The summed E-state index contributed by atoms with van der Waals surface area (Å²) in [6.45, 7) is 3.08. The Morgan fingerprint density at radius 3 is 2.33 bits per heavy atom. The highest BCUT2D eigenvalue weighted by Gasteiger charge is 2.57. The Hall–Kier alpha value is -5.03. The van der Waals surface area contributed by atoms with E-state index in [9.17, 15) is 14.0 Å². The number of hydrogen-bond acceptors (Lipinski definition) is 8. The molecule has 0 bridgehead atoms. The van der Waals surface area contributed by atoms with E-state index in [1.54, 1.807) is 36.5 Å². The predicted molar refractivity (Wildman–Crippen MR) is 156 cm³/mol. The van der Waals surface area contributed by atoms with Crippen molar-refractivity contribution in [2.24, 2.45) is 11.1 Å². The van der Waals surface area contributed by atoms with Crippen molar-refractivity contribution >= 4 is 40.5 Å². The molecule has 0 radical (unpaired) electrons. The number of amides is 2. The summed E-state index contributed by atoms with van der Waals surface area (Å²) in [5.74, 6) is -0.381. The number of anilines is 5. The number of aromatic nitrogens is 2. The van der Waals surface area contributed by atoms with E-state index in [0.29, 0.717) is 55.0 Å². The lowest BCUT2D eigenvalue weighted by Crippen LogP contribution is -2.41. The molecule has 2 fully saturated rings. The number of carbonyl (C=O) groups excluding carboxylic acids is 2. The number of carbonyl (C=O) groups is 2. The van der Waals surface area contributed by atoms with Gasteiger partial charge in [0.05, 0.1) is 13.2 Å². The number of primary amides is 1.